The van der Waals surface area contributed by atoms with Gasteiger partial charge in [-0.2, -0.15) is 0 Å². The molecule has 2 fully saturated rings. The molecule has 2 unspecified atom stereocenters. The van der Waals surface area contributed by atoms with Crippen LogP contribution in [0.25, 0.3) is 0 Å². The van der Waals surface area contributed by atoms with Crippen LogP contribution in [0.1, 0.15) is 46.0 Å². The standard InChI is InChI=1S/C15H24O/c1-10-6-8-14(16)11(2)5-7-13-12(10)9-15(13,3)4/h12-14,16H,1-2,5-9H2,3-4H3/t12?,13?,14-/m1/s1. The van der Waals surface area contributed by atoms with Crippen molar-refractivity contribution < 1.29 is 5.11 Å². The van der Waals surface area contributed by atoms with Crippen LogP contribution in [0.5, 0.6) is 0 Å². The van der Waals surface area contributed by atoms with Gasteiger partial charge in [0.25, 0.3) is 0 Å². The van der Waals surface area contributed by atoms with Crippen molar-refractivity contribution >= 4 is 0 Å². The van der Waals surface area contributed by atoms with Gasteiger partial charge in [0.15, 0.2) is 0 Å². The normalized spacial score (nSPS) is 39.1. The summed E-state index contributed by atoms with van der Waals surface area (Å²) in [6.07, 6.45) is 4.92. The van der Waals surface area contributed by atoms with Crippen LogP contribution >= 0.6 is 0 Å². The molecule has 0 aromatic carbocycles. The summed E-state index contributed by atoms with van der Waals surface area (Å²) < 4.78 is 0. The summed E-state index contributed by atoms with van der Waals surface area (Å²) in [5, 5.41) is 9.91. The zero-order valence-corrected chi connectivity index (χ0v) is 10.6. The molecule has 0 bridgehead atoms. The maximum absolute atomic E-state index is 9.91. The summed E-state index contributed by atoms with van der Waals surface area (Å²) in [6.45, 7) is 13.0. The van der Waals surface area contributed by atoms with Crippen molar-refractivity contribution in [1.29, 1.82) is 0 Å². The molecule has 2 saturated carbocycles. The van der Waals surface area contributed by atoms with E-state index in [1.54, 1.807) is 0 Å². The van der Waals surface area contributed by atoms with E-state index in [1.807, 2.05) is 0 Å². The van der Waals surface area contributed by atoms with Crippen molar-refractivity contribution in [3.8, 4) is 0 Å². The molecule has 90 valence electrons. The van der Waals surface area contributed by atoms with Gasteiger partial charge in [-0.25, -0.2) is 0 Å². The molecule has 0 spiro atoms. The van der Waals surface area contributed by atoms with Crippen LogP contribution in [-0.4, -0.2) is 11.2 Å². The molecule has 1 nitrogen and oxygen atoms in total. The zero-order valence-electron chi connectivity index (χ0n) is 10.6. The Kier molecular flexibility index (Phi) is 3.00. The van der Waals surface area contributed by atoms with Crippen LogP contribution < -0.4 is 0 Å². The summed E-state index contributed by atoms with van der Waals surface area (Å²) in [7, 11) is 0. The van der Waals surface area contributed by atoms with E-state index in [1.165, 1.54) is 18.4 Å². The average molecular weight is 220 g/mol. The average Bonchev–Trinajstić information content (AvgIpc) is 2.24. The fraction of sp³-hybridized carbons (Fsp3) is 0.733. The third kappa shape index (κ3) is 1.98. The molecule has 0 saturated heterocycles. The Balaban J connectivity index is 2.12. The number of rotatable bonds is 0. The maximum Gasteiger partial charge on any atom is 0.0750 e. The van der Waals surface area contributed by atoms with Crippen molar-refractivity contribution in [2.75, 3.05) is 0 Å². The van der Waals surface area contributed by atoms with Crippen molar-refractivity contribution in [3.63, 3.8) is 0 Å². The van der Waals surface area contributed by atoms with E-state index in [9.17, 15) is 5.11 Å². The van der Waals surface area contributed by atoms with Gasteiger partial charge in [0.2, 0.25) is 0 Å². The lowest BCUT2D eigenvalue weighted by Gasteiger charge is -2.53. The highest BCUT2D eigenvalue weighted by molar-refractivity contribution is 5.16. The number of fused-ring (bicyclic) bond motifs is 1. The summed E-state index contributed by atoms with van der Waals surface area (Å²) in [6, 6.07) is 0. The van der Waals surface area contributed by atoms with Gasteiger partial charge in [-0.3, -0.25) is 0 Å². The Morgan fingerprint density at radius 2 is 1.75 bits per heavy atom. The Morgan fingerprint density at radius 3 is 2.38 bits per heavy atom. The van der Waals surface area contributed by atoms with Gasteiger partial charge < -0.3 is 5.11 Å². The lowest BCUT2D eigenvalue weighted by atomic mass is 9.52. The molecule has 1 heteroatoms. The van der Waals surface area contributed by atoms with Gasteiger partial charge in [0, 0.05) is 0 Å². The minimum Gasteiger partial charge on any atom is -0.389 e. The molecule has 0 aromatic rings. The molecule has 16 heavy (non-hydrogen) atoms. The van der Waals surface area contributed by atoms with E-state index in [0.717, 1.165) is 30.8 Å². The molecular weight excluding hydrogens is 196 g/mol. The lowest BCUT2D eigenvalue weighted by molar-refractivity contribution is 0.00409. The molecule has 2 rings (SSSR count). The molecule has 1 N–H and O–H groups in total. The SMILES string of the molecule is C=C1CC[C@@H](O)C(=C)CCC2C1CC2(C)C. The molecule has 0 amide bonds. The van der Waals surface area contributed by atoms with Gasteiger partial charge in [0.05, 0.1) is 6.10 Å². The molecule has 2 aliphatic rings. The van der Waals surface area contributed by atoms with Crippen LogP contribution in [0.4, 0.5) is 0 Å². The van der Waals surface area contributed by atoms with Crippen molar-refractivity contribution in [1.82, 2.24) is 0 Å². The quantitative estimate of drug-likeness (QED) is 0.617. The highest BCUT2D eigenvalue weighted by Gasteiger charge is 2.47. The van der Waals surface area contributed by atoms with E-state index in [4.69, 9.17) is 0 Å². The monoisotopic (exact) mass is 220 g/mol. The van der Waals surface area contributed by atoms with E-state index in [0.29, 0.717) is 11.3 Å². The Hall–Kier alpha value is -0.560. The predicted octanol–water partition coefficient (Wildman–Crippen LogP) is 3.70. The topological polar surface area (TPSA) is 20.2 Å². The minimum absolute atomic E-state index is 0.308. The van der Waals surface area contributed by atoms with E-state index >= 15 is 0 Å². The van der Waals surface area contributed by atoms with Crippen LogP contribution in [0, 0.1) is 17.3 Å². The number of allylic oxidation sites excluding steroid dienone is 1. The first-order chi connectivity index (χ1) is 7.42. The second-order valence-corrected chi connectivity index (χ2v) is 6.32. The fourth-order valence-corrected chi connectivity index (χ4v) is 3.48. The molecule has 3 atom stereocenters. The number of hydrogen-bond acceptors (Lipinski definition) is 1. The van der Waals surface area contributed by atoms with Crippen molar-refractivity contribution in [2.45, 2.75) is 52.1 Å². The summed E-state index contributed by atoms with van der Waals surface area (Å²) >= 11 is 0. The molecule has 0 heterocycles. The molecule has 0 aliphatic heterocycles. The number of aliphatic hydroxyl groups is 1. The summed E-state index contributed by atoms with van der Waals surface area (Å²) in [5.74, 6) is 1.45. The summed E-state index contributed by atoms with van der Waals surface area (Å²) in [4.78, 5) is 0. The van der Waals surface area contributed by atoms with Gasteiger partial charge in [-0.05, 0) is 54.9 Å². The molecule has 0 aromatic heterocycles. The highest BCUT2D eigenvalue weighted by Crippen LogP contribution is 2.56. The Labute approximate surface area is 99.3 Å². The maximum atomic E-state index is 9.91. The first-order valence-electron chi connectivity index (χ1n) is 6.45. The zero-order chi connectivity index (χ0) is 11.9. The summed E-state index contributed by atoms with van der Waals surface area (Å²) in [5.41, 5.74) is 2.85. The lowest BCUT2D eigenvalue weighted by Crippen LogP contribution is -2.44. The van der Waals surface area contributed by atoms with Gasteiger partial charge in [0.1, 0.15) is 0 Å². The predicted molar refractivity (Wildman–Crippen MR) is 68.1 cm³/mol. The first-order valence-corrected chi connectivity index (χ1v) is 6.45. The largest absolute Gasteiger partial charge is 0.389 e. The van der Waals surface area contributed by atoms with Crippen LogP contribution in [0.2, 0.25) is 0 Å². The molecule has 2 aliphatic carbocycles. The van der Waals surface area contributed by atoms with Crippen molar-refractivity contribution in [3.05, 3.63) is 24.3 Å². The van der Waals surface area contributed by atoms with Crippen molar-refractivity contribution in [2.24, 2.45) is 17.3 Å². The van der Waals surface area contributed by atoms with E-state index < -0.39 is 0 Å². The van der Waals surface area contributed by atoms with E-state index in [-0.39, 0.29) is 6.10 Å². The third-order valence-corrected chi connectivity index (χ3v) is 4.75. The van der Waals surface area contributed by atoms with Crippen LogP contribution in [-0.2, 0) is 0 Å². The fourth-order valence-electron chi connectivity index (χ4n) is 3.48. The van der Waals surface area contributed by atoms with Gasteiger partial charge in [-0.1, -0.05) is 32.6 Å². The van der Waals surface area contributed by atoms with Gasteiger partial charge >= 0.3 is 0 Å². The number of hydrogen-bond donors (Lipinski definition) is 1. The van der Waals surface area contributed by atoms with E-state index in [2.05, 4.69) is 27.0 Å². The first kappa shape index (κ1) is 11.9. The second kappa shape index (κ2) is 4.03. The Bertz CT molecular complexity index is 313. The Morgan fingerprint density at radius 1 is 1.12 bits per heavy atom. The minimum atomic E-state index is -0.308. The van der Waals surface area contributed by atoms with Crippen LogP contribution in [0.15, 0.2) is 24.3 Å². The second-order valence-electron chi connectivity index (χ2n) is 6.32. The number of aliphatic hydroxyl groups excluding tert-OH is 1. The smallest absolute Gasteiger partial charge is 0.0750 e. The highest BCUT2D eigenvalue weighted by atomic mass is 16.3. The van der Waals surface area contributed by atoms with Gasteiger partial charge in [-0.15, -0.1) is 0 Å². The molecular formula is C15H24O. The third-order valence-electron chi connectivity index (χ3n) is 4.75. The molecule has 0 radical (unpaired) electrons. The van der Waals surface area contributed by atoms with Crippen LogP contribution in [0.3, 0.4) is 0 Å².